The molecule has 0 aliphatic rings. The van der Waals surface area contributed by atoms with Gasteiger partial charge in [0.15, 0.2) is 0 Å². The fraction of sp³-hybridized carbons (Fsp3) is 0.423. The number of nitrogens with one attached hydrogen (secondary N) is 3. The van der Waals surface area contributed by atoms with Crippen LogP contribution >= 0.6 is 0 Å². The van der Waals surface area contributed by atoms with Crippen molar-refractivity contribution >= 4 is 29.3 Å². The van der Waals surface area contributed by atoms with Crippen LogP contribution in [0.25, 0.3) is 0 Å². The Kier molecular flexibility index (Phi) is 13.2. The Morgan fingerprint density at radius 2 is 1.92 bits per heavy atom. The van der Waals surface area contributed by atoms with E-state index in [9.17, 15) is 18.4 Å². The zero-order valence-corrected chi connectivity index (χ0v) is 21.9. The van der Waals surface area contributed by atoms with Crippen LogP contribution in [0.2, 0.25) is 0 Å². The molecule has 0 spiro atoms. The number of rotatable bonds is 14. The molecule has 0 aliphatic heterocycles. The van der Waals surface area contributed by atoms with Gasteiger partial charge in [0, 0.05) is 39.2 Å². The topological polar surface area (TPSA) is 115 Å². The molecule has 2 heterocycles. The number of halogens is 2. The number of alkyl halides is 1. The van der Waals surface area contributed by atoms with Gasteiger partial charge in [0.2, 0.25) is 23.7 Å². The molecular formula is C26H34F2N8O2. The maximum Gasteiger partial charge on any atom is 0.246 e. The van der Waals surface area contributed by atoms with E-state index in [1.54, 1.807) is 19.3 Å². The van der Waals surface area contributed by atoms with E-state index in [4.69, 9.17) is 0 Å². The Morgan fingerprint density at radius 1 is 1.11 bits per heavy atom. The molecule has 12 heteroatoms. The van der Waals surface area contributed by atoms with E-state index in [1.807, 2.05) is 19.0 Å². The highest BCUT2D eigenvalue weighted by atomic mass is 19.1. The van der Waals surface area contributed by atoms with Gasteiger partial charge in [0.1, 0.15) is 5.82 Å². The lowest BCUT2D eigenvalue weighted by Gasteiger charge is -2.14. The Morgan fingerprint density at radius 3 is 2.63 bits per heavy atom. The number of hydrogen-bond acceptors (Lipinski definition) is 8. The molecule has 0 atom stereocenters. The standard InChI is InChI=1S/C26H34F2N8O2/c1-35(2)16-7-10-24(38)36(3)19-23(37)29-14-6-4-5-9-20-17-32-26(34-25(20)30-15-8-13-27)33-21-11-12-22(28)31-18-21/h7,10-12,17-18H,4,6,8,13-16,19H2,1-3H3,(H,29,37)(H2,30,32,33,34)/b10-7+. The lowest BCUT2D eigenvalue weighted by atomic mass is 10.2. The summed E-state index contributed by atoms with van der Waals surface area (Å²) in [6.45, 7) is 0.931. The van der Waals surface area contributed by atoms with Gasteiger partial charge in [-0.2, -0.15) is 9.37 Å². The second-order valence-electron chi connectivity index (χ2n) is 8.53. The first-order valence-electron chi connectivity index (χ1n) is 12.2. The summed E-state index contributed by atoms with van der Waals surface area (Å²) >= 11 is 0. The molecule has 3 N–H and O–H groups in total. The monoisotopic (exact) mass is 528 g/mol. The summed E-state index contributed by atoms with van der Waals surface area (Å²) in [4.78, 5) is 39.6. The summed E-state index contributed by atoms with van der Waals surface area (Å²) in [5, 5.41) is 8.77. The van der Waals surface area contributed by atoms with Gasteiger partial charge in [-0.25, -0.2) is 9.97 Å². The van der Waals surface area contributed by atoms with E-state index in [-0.39, 0.29) is 24.3 Å². The van der Waals surface area contributed by atoms with Crippen molar-refractivity contribution in [3.63, 3.8) is 0 Å². The highest BCUT2D eigenvalue weighted by molar-refractivity contribution is 5.91. The van der Waals surface area contributed by atoms with Crippen LogP contribution < -0.4 is 16.0 Å². The number of anilines is 3. The average molecular weight is 529 g/mol. The highest BCUT2D eigenvalue weighted by Gasteiger charge is 2.10. The van der Waals surface area contributed by atoms with Gasteiger partial charge in [0.05, 0.1) is 36.9 Å². The molecule has 2 rings (SSSR count). The number of pyridine rings is 1. The molecular weight excluding hydrogens is 494 g/mol. The van der Waals surface area contributed by atoms with Crippen molar-refractivity contribution in [1.29, 1.82) is 0 Å². The van der Waals surface area contributed by atoms with Gasteiger partial charge < -0.3 is 25.8 Å². The minimum atomic E-state index is -0.596. The summed E-state index contributed by atoms with van der Waals surface area (Å²) < 4.78 is 25.6. The molecule has 0 aliphatic carbocycles. The third-order valence-electron chi connectivity index (χ3n) is 4.89. The van der Waals surface area contributed by atoms with Crippen LogP contribution in [0.3, 0.4) is 0 Å². The number of carbonyl (C=O) groups is 2. The first-order valence-corrected chi connectivity index (χ1v) is 12.2. The molecule has 0 bridgehead atoms. The third-order valence-corrected chi connectivity index (χ3v) is 4.89. The maximum absolute atomic E-state index is 13.0. The number of unbranched alkanes of at least 4 members (excludes halogenated alkanes) is 1. The number of hydrogen-bond donors (Lipinski definition) is 3. The SMILES string of the molecule is CN(C)C/C=C/C(=O)N(C)CC(=O)NCCCC#Cc1cnc(Nc2ccc(F)nc2)nc1NCCCF. The van der Waals surface area contributed by atoms with Crippen molar-refractivity contribution in [3.05, 3.63) is 48.2 Å². The summed E-state index contributed by atoms with van der Waals surface area (Å²) in [7, 11) is 5.38. The maximum atomic E-state index is 13.0. The van der Waals surface area contributed by atoms with Crippen molar-refractivity contribution in [2.24, 2.45) is 0 Å². The Bertz CT molecular complexity index is 1130. The number of amides is 2. The first kappa shape index (κ1) is 30.1. The normalized spacial score (nSPS) is 10.7. The lowest BCUT2D eigenvalue weighted by Crippen LogP contribution is -2.38. The summed E-state index contributed by atoms with van der Waals surface area (Å²) in [6.07, 6.45) is 7.49. The van der Waals surface area contributed by atoms with Gasteiger partial charge in [-0.1, -0.05) is 17.9 Å². The molecule has 38 heavy (non-hydrogen) atoms. The van der Waals surface area contributed by atoms with Gasteiger partial charge in [0.25, 0.3) is 0 Å². The predicted molar refractivity (Wildman–Crippen MR) is 143 cm³/mol. The van der Waals surface area contributed by atoms with Crippen molar-refractivity contribution in [2.45, 2.75) is 19.3 Å². The van der Waals surface area contributed by atoms with Gasteiger partial charge >= 0.3 is 0 Å². The molecule has 0 saturated carbocycles. The van der Waals surface area contributed by atoms with Gasteiger partial charge in [-0.3, -0.25) is 14.0 Å². The largest absolute Gasteiger partial charge is 0.369 e. The van der Waals surface area contributed by atoms with Crippen LogP contribution in [-0.2, 0) is 9.59 Å². The molecule has 0 unspecified atom stereocenters. The lowest BCUT2D eigenvalue weighted by molar-refractivity contribution is -0.131. The molecule has 10 nitrogen and oxygen atoms in total. The second kappa shape index (κ2) is 16.6. The van der Waals surface area contributed by atoms with E-state index in [1.165, 1.54) is 29.3 Å². The summed E-state index contributed by atoms with van der Waals surface area (Å²) in [6, 6.07) is 2.72. The minimum absolute atomic E-state index is 0.0313. The zero-order valence-electron chi connectivity index (χ0n) is 21.9. The number of aromatic nitrogens is 3. The number of carbonyl (C=O) groups excluding carboxylic acids is 2. The van der Waals surface area contributed by atoms with E-state index >= 15 is 0 Å². The van der Waals surface area contributed by atoms with E-state index in [2.05, 4.69) is 42.7 Å². The van der Waals surface area contributed by atoms with Crippen LogP contribution in [0.15, 0.2) is 36.7 Å². The molecule has 0 fully saturated rings. The molecule has 2 amide bonds. The molecule has 204 valence electrons. The predicted octanol–water partition coefficient (Wildman–Crippen LogP) is 2.35. The minimum Gasteiger partial charge on any atom is -0.369 e. The quantitative estimate of drug-likeness (QED) is 0.148. The van der Waals surface area contributed by atoms with Crippen LogP contribution in [0, 0.1) is 17.8 Å². The Balaban J connectivity index is 1.85. The fourth-order valence-corrected chi connectivity index (χ4v) is 2.92. The molecule has 0 aromatic carbocycles. The van der Waals surface area contributed by atoms with E-state index in [0.29, 0.717) is 56.0 Å². The highest BCUT2D eigenvalue weighted by Crippen LogP contribution is 2.17. The Labute approximate surface area is 221 Å². The van der Waals surface area contributed by atoms with Crippen molar-refractivity contribution in [1.82, 2.24) is 30.1 Å². The third kappa shape index (κ3) is 11.7. The van der Waals surface area contributed by atoms with Gasteiger partial charge in [-0.15, -0.1) is 0 Å². The Hall–Kier alpha value is -4.11. The van der Waals surface area contributed by atoms with E-state index < -0.39 is 12.6 Å². The van der Waals surface area contributed by atoms with Crippen LogP contribution in [-0.4, -0.2) is 90.6 Å². The van der Waals surface area contributed by atoms with Crippen molar-refractivity contribution in [3.8, 4) is 11.8 Å². The molecule has 0 radical (unpaired) electrons. The van der Waals surface area contributed by atoms with Gasteiger partial charge in [-0.05, 0) is 39.1 Å². The number of likely N-dealkylation sites (N-methyl/N-ethyl adjacent to an activating group) is 2. The van der Waals surface area contributed by atoms with E-state index in [0.717, 1.165) is 0 Å². The molecule has 2 aromatic rings. The van der Waals surface area contributed by atoms with Crippen LogP contribution in [0.4, 0.5) is 26.2 Å². The average Bonchev–Trinajstić information content (AvgIpc) is 2.88. The smallest absolute Gasteiger partial charge is 0.246 e. The fourth-order valence-electron chi connectivity index (χ4n) is 2.92. The van der Waals surface area contributed by atoms with Crippen LogP contribution in [0.5, 0.6) is 0 Å². The summed E-state index contributed by atoms with van der Waals surface area (Å²) in [5.41, 5.74) is 1.05. The molecule has 2 aromatic heterocycles. The number of nitrogens with zero attached hydrogens (tertiary/aromatic N) is 5. The van der Waals surface area contributed by atoms with Crippen molar-refractivity contribution < 1.29 is 18.4 Å². The molecule has 0 saturated heterocycles. The second-order valence-corrected chi connectivity index (χ2v) is 8.53. The van der Waals surface area contributed by atoms with Crippen molar-refractivity contribution in [2.75, 3.05) is 64.6 Å². The zero-order chi connectivity index (χ0) is 27.8. The van der Waals surface area contributed by atoms with Crippen LogP contribution in [0.1, 0.15) is 24.8 Å². The summed E-state index contributed by atoms with van der Waals surface area (Å²) in [5.74, 6) is 5.65. The first-order chi connectivity index (χ1) is 18.3.